The third kappa shape index (κ3) is 4.92. The minimum atomic E-state index is -0.235. The second-order valence-corrected chi connectivity index (χ2v) is 7.31. The third-order valence-corrected chi connectivity index (χ3v) is 5.31. The molecule has 0 aliphatic heterocycles. The van der Waals surface area contributed by atoms with E-state index in [0.29, 0.717) is 39.7 Å². The van der Waals surface area contributed by atoms with Gasteiger partial charge in [0.1, 0.15) is 11.5 Å². The predicted molar refractivity (Wildman–Crippen MR) is 117 cm³/mol. The van der Waals surface area contributed by atoms with Crippen molar-refractivity contribution in [3.63, 3.8) is 0 Å². The molecule has 1 aromatic carbocycles. The molecule has 3 aromatic rings. The number of rotatable bonds is 9. The van der Waals surface area contributed by atoms with E-state index in [9.17, 15) is 4.79 Å². The quantitative estimate of drug-likeness (QED) is 0.394. The molecule has 1 N–H and O–H groups in total. The summed E-state index contributed by atoms with van der Waals surface area (Å²) in [6, 6.07) is 6.91. The molecule has 0 saturated heterocycles. The molecule has 0 radical (unpaired) electrons. The van der Waals surface area contributed by atoms with Gasteiger partial charge in [-0.1, -0.05) is 29.4 Å². The summed E-state index contributed by atoms with van der Waals surface area (Å²) in [5.41, 5.74) is 1.35. The highest BCUT2D eigenvalue weighted by Crippen LogP contribution is 2.36. The summed E-state index contributed by atoms with van der Waals surface area (Å²) < 4.78 is 12.4. The highest BCUT2D eigenvalue weighted by molar-refractivity contribution is 7.99. The average molecular weight is 446 g/mol. The smallest absolute Gasteiger partial charge is 0.234 e. The van der Waals surface area contributed by atoms with E-state index in [2.05, 4.69) is 27.1 Å². The number of hydrogen-bond acceptors (Lipinski definition) is 7. The fourth-order valence-corrected chi connectivity index (χ4v) is 3.66. The number of allylic oxidation sites excluding steroid dienone is 1. The number of anilines is 1. The van der Waals surface area contributed by atoms with Crippen LogP contribution in [0.1, 0.15) is 0 Å². The fraction of sp³-hybridized carbons (Fsp3) is 0.200. The number of amides is 1. The summed E-state index contributed by atoms with van der Waals surface area (Å²) in [7, 11) is 3.00. The molecule has 156 valence electrons. The first-order chi connectivity index (χ1) is 14.6. The number of carbonyl (C=O) groups excluding carboxylic acids is 1. The van der Waals surface area contributed by atoms with Crippen LogP contribution in [0.4, 0.5) is 5.69 Å². The minimum absolute atomic E-state index is 0.125. The molecule has 0 saturated carbocycles. The van der Waals surface area contributed by atoms with Crippen LogP contribution in [0, 0.1) is 0 Å². The van der Waals surface area contributed by atoms with Crippen molar-refractivity contribution in [2.24, 2.45) is 0 Å². The summed E-state index contributed by atoms with van der Waals surface area (Å²) in [6.07, 6.45) is 5.13. The Kier molecular flexibility index (Phi) is 7.31. The van der Waals surface area contributed by atoms with Gasteiger partial charge in [-0.25, -0.2) is 0 Å². The van der Waals surface area contributed by atoms with Crippen molar-refractivity contribution < 1.29 is 14.3 Å². The number of ether oxygens (including phenoxy) is 2. The lowest BCUT2D eigenvalue weighted by atomic mass is 10.2. The largest absolute Gasteiger partial charge is 0.495 e. The zero-order valence-electron chi connectivity index (χ0n) is 16.5. The molecule has 0 bridgehead atoms. The van der Waals surface area contributed by atoms with Crippen molar-refractivity contribution in [1.82, 2.24) is 19.7 Å². The number of halogens is 1. The molecule has 0 aliphatic carbocycles. The fourth-order valence-electron chi connectivity index (χ4n) is 2.68. The normalized spacial score (nSPS) is 10.5. The van der Waals surface area contributed by atoms with Crippen LogP contribution in [0.2, 0.25) is 5.02 Å². The van der Waals surface area contributed by atoms with Gasteiger partial charge in [0.15, 0.2) is 11.0 Å². The molecule has 8 nitrogen and oxygen atoms in total. The van der Waals surface area contributed by atoms with Crippen LogP contribution >= 0.6 is 23.4 Å². The Labute approximate surface area is 183 Å². The molecule has 2 heterocycles. The van der Waals surface area contributed by atoms with Crippen molar-refractivity contribution in [2.75, 3.05) is 25.3 Å². The number of aromatic nitrogens is 4. The van der Waals surface area contributed by atoms with E-state index in [1.165, 1.54) is 26.0 Å². The van der Waals surface area contributed by atoms with Crippen molar-refractivity contribution in [1.29, 1.82) is 0 Å². The summed E-state index contributed by atoms with van der Waals surface area (Å²) in [4.78, 5) is 16.6. The van der Waals surface area contributed by atoms with Gasteiger partial charge in [-0.3, -0.25) is 14.3 Å². The molecule has 0 spiro atoms. The summed E-state index contributed by atoms with van der Waals surface area (Å²) >= 11 is 7.38. The molecule has 1 amide bonds. The molecule has 3 rings (SSSR count). The van der Waals surface area contributed by atoms with Gasteiger partial charge in [0.05, 0.1) is 30.7 Å². The Balaban J connectivity index is 1.74. The van der Waals surface area contributed by atoms with E-state index in [1.54, 1.807) is 30.6 Å². The Bertz CT molecular complexity index is 1040. The van der Waals surface area contributed by atoms with Crippen molar-refractivity contribution in [2.45, 2.75) is 11.7 Å². The first-order valence-corrected chi connectivity index (χ1v) is 10.2. The Morgan fingerprint density at radius 1 is 1.23 bits per heavy atom. The van der Waals surface area contributed by atoms with Crippen LogP contribution in [0.3, 0.4) is 0 Å². The first kappa shape index (κ1) is 21.7. The number of methoxy groups -OCH3 is 2. The molecular weight excluding hydrogens is 426 g/mol. The number of thioether (sulfide) groups is 1. The van der Waals surface area contributed by atoms with E-state index >= 15 is 0 Å². The van der Waals surface area contributed by atoms with E-state index in [1.807, 2.05) is 16.7 Å². The zero-order chi connectivity index (χ0) is 21.5. The monoisotopic (exact) mass is 445 g/mol. The summed E-state index contributed by atoms with van der Waals surface area (Å²) in [5.74, 6) is 1.45. The number of nitrogens with zero attached hydrogens (tertiary/aromatic N) is 4. The van der Waals surface area contributed by atoms with Gasteiger partial charge in [0.2, 0.25) is 5.91 Å². The lowest BCUT2D eigenvalue weighted by molar-refractivity contribution is -0.113. The van der Waals surface area contributed by atoms with Crippen LogP contribution in [0.25, 0.3) is 11.4 Å². The SMILES string of the molecule is C=CCn1c(SCC(=O)Nc2cc(OC)c(Cl)cc2OC)nnc1-c1ccncc1. The summed E-state index contributed by atoms with van der Waals surface area (Å²) in [6.45, 7) is 4.30. The number of pyridine rings is 1. The lowest BCUT2D eigenvalue weighted by Crippen LogP contribution is -2.15. The van der Waals surface area contributed by atoms with E-state index in [-0.39, 0.29) is 11.7 Å². The van der Waals surface area contributed by atoms with Crippen molar-refractivity contribution in [3.05, 3.63) is 54.3 Å². The molecule has 0 fully saturated rings. The van der Waals surface area contributed by atoms with Gasteiger partial charge in [-0.05, 0) is 12.1 Å². The van der Waals surface area contributed by atoms with E-state index in [0.717, 1.165) is 5.56 Å². The van der Waals surface area contributed by atoms with E-state index in [4.69, 9.17) is 21.1 Å². The van der Waals surface area contributed by atoms with Gasteiger partial charge < -0.3 is 14.8 Å². The second kappa shape index (κ2) is 10.1. The Morgan fingerprint density at radius 3 is 2.63 bits per heavy atom. The molecular formula is C20H20ClN5O3S. The molecule has 0 unspecified atom stereocenters. The first-order valence-electron chi connectivity index (χ1n) is 8.86. The van der Waals surface area contributed by atoms with Crippen LogP contribution in [-0.4, -0.2) is 45.6 Å². The Morgan fingerprint density at radius 2 is 1.97 bits per heavy atom. The van der Waals surface area contributed by atoms with Gasteiger partial charge in [0, 0.05) is 36.6 Å². The second-order valence-electron chi connectivity index (χ2n) is 5.97. The maximum Gasteiger partial charge on any atom is 0.234 e. The maximum atomic E-state index is 12.5. The standard InChI is InChI=1S/C20H20ClN5O3S/c1-4-9-26-19(13-5-7-22-8-6-13)24-25-20(26)30-12-18(27)23-15-11-16(28-2)14(21)10-17(15)29-3/h4-8,10-11H,1,9,12H2,2-3H3,(H,23,27). The van der Waals surface area contributed by atoms with Crippen LogP contribution in [-0.2, 0) is 11.3 Å². The maximum absolute atomic E-state index is 12.5. The highest BCUT2D eigenvalue weighted by atomic mass is 35.5. The van der Waals surface area contributed by atoms with Crippen molar-refractivity contribution >= 4 is 35.0 Å². The Hall–Kier alpha value is -3.04. The highest BCUT2D eigenvalue weighted by Gasteiger charge is 2.16. The number of carbonyl (C=O) groups is 1. The third-order valence-electron chi connectivity index (χ3n) is 4.05. The summed E-state index contributed by atoms with van der Waals surface area (Å²) in [5, 5.41) is 12.3. The molecule has 10 heteroatoms. The van der Waals surface area contributed by atoms with Crippen LogP contribution in [0.15, 0.2) is 54.5 Å². The number of hydrogen-bond donors (Lipinski definition) is 1. The van der Waals surface area contributed by atoms with Gasteiger partial charge in [-0.2, -0.15) is 0 Å². The topological polar surface area (TPSA) is 91.2 Å². The number of nitrogens with one attached hydrogen (secondary N) is 1. The average Bonchev–Trinajstić information content (AvgIpc) is 3.16. The number of benzene rings is 1. The predicted octanol–water partition coefficient (Wildman–Crippen LogP) is 3.93. The molecule has 2 aromatic heterocycles. The van der Waals surface area contributed by atoms with Crippen LogP contribution < -0.4 is 14.8 Å². The lowest BCUT2D eigenvalue weighted by Gasteiger charge is -2.13. The minimum Gasteiger partial charge on any atom is -0.495 e. The van der Waals surface area contributed by atoms with Crippen LogP contribution in [0.5, 0.6) is 11.5 Å². The molecule has 0 aliphatic rings. The molecule has 0 atom stereocenters. The molecule has 30 heavy (non-hydrogen) atoms. The van der Waals surface area contributed by atoms with E-state index < -0.39 is 0 Å². The zero-order valence-corrected chi connectivity index (χ0v) is 18.0. The van der Waals surface area contributed by atoms with Gasteiger partial charge >= 0.3 is 0 Å². The van der Waals surface area contributed by atoms with Gasteiger partial charge in [0.25, 0.3) is 0 Å². The van der Waals surface area contributed by atoms with Crippen molar-refractivity contribution in [3.8, 4) is 22.9 Å². The van der Waals surface area contributed by atoms with Gasteiger partial charge in [-0.15, -0.1) is 16.8 Å².